The summed E-state index contributed by atoms with van der Waals surface area (Å²) < 4.78 is 46.4. The molecule has 1 saturated heterocycles. The number of methoxy groups -OCH3 is 1. The highest BCUT2D eigenvalue weighted by molar-refractivity contribution is 5.65. The monoisotopic (exact) mass is 304 g/mol. The van der Waals surface area contributed by atoms with E-state index in [2.05, 4.69) is 4.74 Å². The minimum atomic E-state index is -1.83. The van der Waals surface area contributed by atoms with E-state index >= 15 is 0 Å². The first kappa shape index (κ1) is 15.4. The first-order valence-electron chi connectivity index (χ1n) is 6.33. The molecule has 1 amide bonds. The van der Waals surface area contributed by atoms with Gasteiger partial charge in [0.05, 0.1) is 7.11 Å². The van der Waals surface area contributed by atoms with E-state index in [1.54, 1.807) is 0 Å². The number of hydrogen-bond donors (Lipinski definition) is 1. The Hall–Kier alpha value is -1.96. The summed E-state index contributed by atoms with van der Waals surface area (Å²) in [6, 6.07) is 2.29. The van der Waals surface area contributed by atoms with E-state index in [1.165, 1.54) is 12.0 Å². The van der Waals surface area contributed by atoms with Gasteiger partial charge in [-0.1, -0.05) is 0 Å². The highest BCUT2D eigenvalue weighted by Gasteiger charge is 2.29. The highest BCUT2D eigenvalue weighted by atomic mass is 19.2. The largest absolute Gasteiger partial charge is 0.494 e. The quantitative estimate of drug-likeness (QED) is 0.870. The summed E-state index contributed by atoms with van der Waals surface area (Å²) in [5, 5.41) is 8.81. The van der Waals surface area contributed by atoms with Crippen molar-refractivity contribution in [3.05, 3.63) is 29.3 Å². The number of ether oxygens (including phenoxy) is 1. The van der Waals surface area contributed by atoms with Gasteiger partial charge in [0.2, 0.25) is 5.82 Å². The van der Waals surface area contributed by atoms with E-state index in [-0.39, 0.29) is 31.9 Å². The molecule has 2 rings (SSSR count). The molecule has 1 aromatic carbocycles. The number of nitrogens with zero attached hydrogens (tertiary/aromatic N) is 2. The second-order valence-electron chi connectivity index (χ2n) is 4.63. The van der Waals surface area contributed by atoms with Gasteiger partial charge >= 0.3 is 6.09 Å². The third-order valence-corrected chi connectivity index (χ3v) is 3.46. The van der Waals surface area contributed by atoms with Crippen LogP contribution in [-0.2, 0) is 0 Å². The molecule has 1 unspecified atom stereocenters. The number of alkyl halides is 1. The van der Waals surface area contributed by atoms with Crippen LogP contribution in [0.5, 0.6) is 5.75 Å². The van der Waals surface area contributed by atoms with Crippen LogP contribution in [0.25, 0.3) is 0 Å². The Kier molecular flexibility index (Phi) is 4.56. The van der Waals surface area contributed by atoms with Crippen molar-refractivity contribution in [1.82, 2.24) is 9.80 Å². The lowest BCUT2D eigenvalue weighted by atomic mass is 10.1. The van der Waals surface area contributed by atoms with Gasteiger partial charge in [0.1, 0.15) is 0 Å². The van der Waals surface area contributed by atoms with Crippen LogP contribution in [0.2, 0.25) is 0 Å². The van der Waals surface area contributed by atoms with Gasteiger partial charge in [0.25, 0.3) is 0 Å². The van der Waals surface area contributed by atoms with Gasteiger partial charge in [-0.2, -0.15) is 4.39 Å². The Morgan fingerprint density at radius 2 is 1.86 bits per heavy atom. The minimum Gasteiger partial charge on any atom is -0.494 e. The molecule has 0 aliphatic carbocycles. The van der Waals surface area contributed by atoms with Crippen LogP contribution >= 0.6 is 0 Å². The summed E-state index contributed by atoms with van der Waals surface area (Å²) in [4.78, 5) is 13.2. The second-order valence-corrected chi connectivity index (χ2v) is 4.63. The molecule has 0 bridgehead atoms. The number of hydrogen-bond acceptors (Lipinski definition) is 3. The van der Waals surface area contributed by atoms with Crippen LogP contribution in [0.1, 0.15) is 11.9 Å². The fraction of sp³-hybridized carbons (Fsp3) is 0.462. The lowest BCUT2D eigenvalue weighted by Crippen LogP contribution is -2.48. The molecule has 1 N–H and O–H groups in total. The molecule has 0 radical (unpaired) electrons. The molecule has 1 heterocycles. The fourth-order valence-corrected chi connectivity index (χ4v) is 2.22. The minimum absolute atomic E-state index is 0.112. The molecule has 1 fully saturated rings. The standard InChI is InChI=1S/C13H15F3N2O3/c1-21-9-3-2-8(10(14)11(9)15)12(16)17-4-6-18(7-5-17)13(19)20/h2-3,12H,4-7H2,1H3,(H,19,20). The van der Waals surface area contributed by atoms with Crippen LogP contribution in [0.15, 0.2) is 12.1 Å². The summed E-state index contributed by atoms with van der Waals surface area (Å²) in [5.41, 5.74) is -0.419. The Bertz CT molecular complexity index is 534. The molecule has 1 aromatic rings. The normalized spacial score (nSPS) is 17.6. The van der Waals surface area contributed by atoms with Crippen molar-refractivity contribution in [1.29, 1.82) is 0 Å². The topological polar surface area (TPSA) is 53.0 Å². The molecule has 1 atom stereocenters. The van der Waals surface area contributed by atoms with E-state index in [0.717, 1.165) is 17.0 Å². The molecular weight excluding hydrogens is 289 g/mol. The van der Waals surface area contributed by atoms with Gasteiger partial charge in [-0.3, -0.25) is 4.90 Å². The van der Waals surface area contributed by atoms with Gasteiger partial charge < -0.3 is 14.7 Å². The van der Waals surface area contributed by atoms with Gasteiger partial charge in [-0.05, 0) is 12.1 Å². The zero-order valence-corrected chi connectivity index (χ0v) is 11.4. The van der Waals surface area contributed by atoms with E-state index < -0.39 is 29.6 Å². The van der Waals surface area contributed by atoms with Gasteiger partial charge in [-0.25, -0.2) is 13.6 Å². The van der Waals surface area contributed by atoms with Crippen molar-refractivity contribution in [2.75, 3.05) is 33.3 Å². The molecule has 0 spiro atoms. The summed E-state index contributed by atoms with van der Waals surface area (Å²) in [6.07, 6.45) is -2.91. The number of benzene rings is 1. The second kappa shape index (κ2) is 6.21. The number of piperazine rings is 1. The zero-order valence-electron chi connectivity index (χ0n) is 11.4. The summed E-state index contributed by atoms with van der Waals surface area (Å²) in [7, 11) is 1.19. The van der Waals surface area contributed by atoms with Gasteiger partial charge in [0, 0.05) is 31.7 Å². The number of rotatable bonds is 3. The molecule has 0 aromatic heterocycles. The van der Waals surface area contributed by atoms with Crippen LogP contribution in [-0.4, -0.2) is 54.3 Å². The molecule has 5 nitrogen and oxygen atoms in total. The van der Waals surface area contributed by atoms with Gasteiger partial charge in [-0.15, -0.1) is 0 Å². The van der Waals surface area contributed by atoms with Crippen LogP contribution in [0, 0.1) is 11.6 Å². The number of carboxylic acid groups (broad SMARTS) is 1. The SMILES string of the molecule is COc1ccc(C(F)N2CCN(C(=O)O)CC2)c(F)c1F. The molecule has 1 aliphatic heterocycles. The van der Waals surface area contributed by atoms with Crippen molar-refractivity contribution < 1.29 is 27.8 Å². The Morgan fingerprint density at radius 3 is 2.38 bits per heavy atom. The number of halogens is 3. The molecule has 116 valence electrons. The maximum Gasteiger partial charge on any atom is 0.407 e. The molecule has 8 heteroatoms. The molecule has 21 heavy (non-hydrogen) atoms. The lowest BCUT2D eigenvalue weighted by Gasteiger charge is -2.35. The van der Waals surface area contributed by atoms with E-state index in [0.29, 0.717) is 0 Å². The van der Waals surface area contributed by atoms with Crippen LogP contribution in [0.3, 0.4) is 0 Å². The first-order chi connectivity index (χ1) is 9.95. The molecule has 1 aliphatic rings. The predicted molar refractivity (Wildman–Crippen MR) is 67.9 cm³/mol. The van der Waals surface area contributed by atoms with Crippen molar-refractivity contribution in [3.8, 4) is 5.75 Å². The van der Waals surface area contributed by atoms with E-state index in [1.807, 2.05) is 0 Å². The highest BCUT2D eigenvalue weighted by Crippen LogP contribution is 2.30. The first-order valence-corrected chi connectivity index (χ1v) is 6.33. The summed E-state index contributed by atoms with van der Waals surface area (Å²) in [6.45, 7) is 0.465. The van der Waals surface area contributed by atoms with E-state index in [9.17, 15) is 18.0 Å². The Morgan fingerprint density at radius 1 is 1.24 bits per heavy atom. The predicted octanol–water partition coefficient (Wildman–Crippen LogP) is 2.24. The molecular formula is C13H15F3N2O3. The Labute approximate surface area is 119 Å². The molecule has 0 saturated carbocycles. The maximum absolute atomic E-state index is 14.3. The van der Waals surface area contributed by atoms with Crippen LogP contribution in [0.4, 0.5) is 18.0 Å². The van der Waals surface area contributed by atoms with Crippen molar-refractivity contribution in [2.45, 2.75) is 6.30 Å². The lowest BCUT2D eigenvalue weighted by molar-refractivity contribution is 0.0301. The third-order valence-electron chi connectivity index (χ3n) is 3.46. The average Bonchev–Trinajstić information content (AvgIpc) is 2.49. The zero-order chi connectivity index (χ0) is 15.6. The summed E-state index contributed by atoms with van der Waals surface area (Å²) in [5.74, 6) is -2.82. The van der Waals surface area contributed by atoms with E-state index in [4.69, 9.17) is 5.11 Å². The van der Waals surface area contributed by atoms with Crippen molar-refractivity contribution in [2.24, 2.45) is 0 Å². The fourth-order valence-electron chi connectivity index (χ4n) is 2.22. The average molecular weight is 304 g/mol. The van der Waals surface area contributed by atoms with Crippen molar-refractivity contribution >= 4 is 6.09 Å². The maximum atomic E-state index is 14.3. The van der Waals surface area contributed by atoms with Gasteiger partial charge in [0.15, 0.2) is 17.9 Å². The number of carbonyl (C=O) groups is 1. The smallest absolute Gasteiger partial charge is 0.407 e. The van der Waals surface area contributed by atoms with Crippen molar-refractivity contribution in [3.63, 3.8) is 0 Å². The summed E-state index contributed by atoms with van der Waals surface area (Å²) >= 11 is 0. The Balaban J connectivity index is 2.13. The third kappa shape index (κ3) is 3.05. The van der Waals surface area contributed by atoms with Crippen LogP contribution < -0.4 is 4.74 Å². The number of amides is 1.